The van der Waals surface area contributed by atoms with Crippen LogP contribution in [0.15, 0.2) is 23.2 Å². The molecule has 0 bridgehead atoms. The van der Waals surface area contributed by atoms with E-state index in [0.717, 1.165) is 19.4 Å². The Hall–Kier alpha value is -1.18. The van der Waals surface area contributed by atoms with Gasteiger partial charge in [-0.05, 0) is 38.3 Å². The second-order valence-electron chi connectivity index (χ2n) is 6.16. The molecule has 2 rings (SSSR count). The summed E-state index contributed by atoms with van der Waals surface area (Å²) in [6.45, 7) is 6.94. The number of nitrogens with one attached hydrogen (secondary N) is 1. The molecule has 0 spiro atoms. The van der Waals surface area contributed by atoms with Crippen LogP contribution in [0, 0.1) is 0 Å². The van der Waals surface area contributed by atoms with Crippen LogP contribution in [0.2, 0.25) is 0 Å². The van der Waals surface area contributed by atoms with Gasteiger partial charge in [0.05, 0.1) is 5.60 Å². The van der Waals surface area contributed by atoms with Gasteiger partial charge in [0.25, 0.3) is 0 Å². The molecule has 0 radical (unpaired) electrons. The quantitative estimate of drug-likeness (QED) is 0.827. The van der Waals surface area contributed by atoms with Gasteiger partial charge in [0.2, 0.25) is 10.0 Å². The first kappa shape index (κ1) is 17.2. The van der Waals surface area contributed by atoms with Crippen LogP contribution >= 0.6 is 0 Å². The van der Waals surface area contributed by atoms with Crippen molar-refractivity contribution in [2.75, 3.05) is 18.0 Å². The van der Waals surface area contributed by atoms with Crippen LogP contribution in [0.5, 0.6) is 0 Å². The van der Waals surface area contributed by atoms with E-state index in [1.165, 1.54) is 6.20 Å². The van der Waals surface area contributed by atoms with Gasteiger partial charge >= 0.3 is 0 Å². The Morgan fingerprint density at radius 3 is 2.55 bits per heavy atom. The largest absolute Gasteiger partial charge is 0.388 e. The van der Waals surface area contributed by atoms with Crippen molar-refractivity contribution in [1.29, 1.82) is 0 Å². The number of sulfonamides is 1. The molecule has 0 aliphatic carbocycles. The van der Waals surface area contributed by atoms with Gasteiger partial charge in [-0.2, -0.15) is 0 Å². The molecule has 1 saturated heterocycles. The van der Waals surface area contributed by atoms with E-state index in [-0.39, 0.29) is 10.9 Å². The monoisotopic (exact) mass is 327 g/mol. The summed E-state index contributed by atoms with van der Waals surface area (Å²) >= 11 is 0. The number of hydrogen-bond acceptors (Lipinski definition) is 5. The maximum absolute atomic E-state index is 12.3. The van der Waals surface area contributed by atoms with Crippen LogP contribution in [-0.4, -0.2) is 43.2 Å². The molecule has 124 valence electrons. The fourth-order valence-corrected chi connectivity index (χ4v) is 3.95. The summed E-state index contributed by atoms with van der Waals surface area (Å²) in [4.78, 5) is 6.39. The number of β-amino-alcohol motifs (C(OH)–C–C–N with tert-alkyl or cyclic N) is 1. The first-order chi connectivity index (χ1) is 10.3. The van der Waals surface area contributed by atoms with E-state index in [9.17, 15) is 13.5 Å². The first-order valence-electron chi connectivity index (χ1n) is 7.73. The summed E-state index contributed by atoms with van der Waals surface area (Å²) in [5.41, 5.74) is -0.705. The number of aromatic nitrogens is 1. The lowest BCUT2D eigenvalue weighted by Gasteiger charge is -2.20. The van der Waals surface area contributed by atoms with Crippen LogP contribution < -0.4 is 9.62 Å². The van der Waals surface area contributed by atoms with Crippen LogP contribution in [-0.2, 0) is 10.0 Å². The van der Waals surface area contributed by atoms with Crippen molar-refractivity contribution >= 4 is 15.8 Å². The van der Waals surface area contributed by atoms with E-state index in [2.05, 4.69) is 9.71 Å². The van der Waals surface area contributed by atoms with Crippen LogP contribution in [0.1, 0.15) is 40.0 Å². The Kier molecular flexibility index (Phi) is 5.09. The molecule has 0 saturated carbocycles. The zero-order valence-electron chi connectivity index (χ0n) is 13.4. The van der Waals surface area contributed by atoms with E-state index >= 15 is 0 Å². The van der Waals surface area contributed by atoms with Gasteiger partial charge < -0.3 is 10.0 Å². The third kappa shape index (κ3) is 3.97. The van der Waals surface area contributed by atoms with Crippen molar-refractivity contribution in [3.8, 4) is 0 Å². The molecule has 1 fully saturated rings. The fourth-order valence-electron chi connectivity index (χ4n) is 2.60. The van der Waals surface area contributed by atoms with Crippen molar-refractivity contribution in [2.45, 2.75) is 56.6 Å². The second kappa shape index (κ2) is 6.52. The molecule has 1 atom stereocenters. The lowest BCUT2D eigenvalue weighted by atomic mass is 10.1. The van der Waals surface area contributed by atoms with Gasteiger partial charge in [-0.3, -0.25) is 0 Å². The third-order valence-corrected chi connectivity index (χ3v) is 5.62. The molecule has 7 heteroatoms. The van der Waals surface area contributed by atoms with Crippen molar-refractivity contribution in [3.63, 3.8) is 0 Å². The molecule has 1 aromatic heterocycles. The molecule has 1 aliphatic rings. The molecule has 1 aromatic rings. The van der Waals surface area contributed by atoms with E-state index in [1.807, 2.05) is 18.7 Å². The molecule has 22 heavy (non-hydrogen) atoms. The summed E-state index contributed by atoms with van der Waals surface area (Å²) in [6.07, 6.45) is 3.58. The van der Waals surface area contributed by atoms with Gasteiger partial charge in [-0.15, -0.1) is 0 Å². The average Bonchev–Trinajstić information content (AvgIpc) is 2.85. The normalized spacial score (nSPS) is 22.5. The predicted octanol–water partition coefficient (Wildman–Crippen LogP) is 1.51. The number of pyridine rings is 1. The number of rotatable bonds is 6. The van der Waals surface area contributed by atoms with Crippen molar-refractivity contribution in [1.82, 2.24) is 9.71 Å². The maximum atomic E-state index is 12.3. The van der Waals surface area contributed by atoms with Gasteiger partial charge in [0.1, 0.15) is 10.7 Å². The zero-order valence-corrected chi connectivity index (χ0v) is 14.2. The average molecular weight is 327 g/mol. The van der Waals surface area contributed by atoms with Gasteiger partial charge in [0, 0.05) is 25.3 Å². The number of aliphatic hydroxyl groups is 1. The minimum Gasteiger partial charge on any atom is -0.388 e. The lowest BCUT2D eigenvalue weighted by Crippen LogP contribution is -2.34. The van der Waals surface area contributed by atoms with Gasteiger partial charge in [0.15, 0.2) is 0 Å². The Balaban J connectivity index is 2.12. The van der Waals surface area contributed by atoms with E-state index in [4.69, 9.17) is 0 Å². The molecule has 1 unspecified atom stereocenters. The third-order valence-electron chi connectivity index (χ3n) is 4.11. The van der Waals surface area contributed by atoms with Gasteiger partial charge in [-0.25, -0.2) is 18.1 Å². The summed E-state index contributed by atoms with van der Waals surface area (Å²) in [5, 5.41) is 9.99. The minimum absolute atomic E-state index is 0.0571. The van der Waals surface area contributed by atoms with Crippen molar-refractivity contribution in [3.05, 3.63) is 18.3 Å². The molecule has 0 amide bonds. The smallest absolute Gasteiger partial charge is 0.242 e. The first-order valence-corrected chi connectivity index (χ1v) is 9.21. The molecular weight excluding hydrogens is 302 g/mol. The zero-order chi connectivity index (χ0) is 16.4. The summed E-state index contributed by atoms with van der Waals surface area (Å²) in [6, 6.07) is 3.21. The lowest BCUT2D eigenvalue weighted by molar-refractivity contribution is 0.0839. The maximum Gasteiger partial charge on any atom is 0.242 e. The highest BCUT2D eigenvalue weighted by atomic mass is 32.2. The number of anilines is 1. The Labute approximate surface area is 132 Å². The van der Waals surface area contributed by atoms with Crippen molar-refractivity contribution < 1.29 is 13.5 Å². The van der Waals surface area contributed by atoms with Crippen LogP contribution in [0.25, 0.3) is 0 Å². The van der Waals surface area contributed by atoms with E-state index in [1.54, 1.807) is 19.1 Å². The topological polar surface area (TPSA) is 82.5 Å². The fraction of sp³-hybridized carbons (Fsp3) is 0.667. The SMILES string of the molecule is CCC(CC)NS(=O)(=O)c1ccc(N2CCC(C)(O)C2)nc1. The summed E-state index contributed by atoms with van der Waals surface area (Å²) in [5.74, 6) is 0.694. The highest BCUT2D eigenvalue weighted by Crippen LogP contribution is 2.25. The minimum atomic E-state index is -3.53. The van der Waals surface area contributed by atoms with E-state index < -0.39 is 15.6 Å². The molecule has 6 nitrogen and oxygen atoms in total. The highest BCUT2D eigenvalue weighted by molar-refractivity contribution is 7.89. The number of hydrogen-bond donors (Lipinski definition) is 2. The highest BCUT2D eigenvalue weighted by Gasteiger charge is 2.32. The van der Waals surface area contributed by atoms with E-state index in [0.29, 0.717) is 18.8 Å². The van der Waals surface area contributed by atoms with Crippen LogP contribution in [0.3, 0.4) is 0 Å². The summed E-state index contributed by atoms with van der Waals surface area (Å²) in [7, 11) is -3.53. The van der Waals surface area contributed by atoms with Gasteiger partial charge in [-0.1, -0.05) is 13.8 Å². The molecule has 0 aromatic carbocycles. The molecule has 1 aliphatic heterocycles. The molecule has 2 heterocycles. The second-order valence-corrected chi connectivity index (χ2v) is 7.87. The standard InChI is InChI=1S/C15H25N3O3S/c1-4-12(5-2)17-22(20,21)13-6-7-14(16-10-13)18-9-8-15(3,19)11-18/h6-7,10,12,17,19H,4-5,8-9,11H2,1-3H3. The molecular formula is C15H25N3O3S. The van der Waals surface area contributed by atoms with Crippen molar-refractivity contribution in [2.24, 2.45) is 0 Å². The van der Waals surface area contributed by atoms with Crippen LogP contribution in [0.4, 0.5) is 5.82 Å². The Bertz CT molecular complexity index is 595. The predicted molar refractivity (Wildman–Crippen MR) is 86.4 cm³/mol. The summed E-state index contributed by atoms with van der Waals surface area (Å²) < 4.78 is 27.3. The Morgan fingerprint density at radius 2 is 2.09 bits per heavy atom. The molecule has 2 N–H and O–H groups in total. The Morgan fingerprint density at radius 1 is 1.41 bits per heavy atom. The number of nitrogens with zero attached hydrogens (tertiary/aromatic N) is 2.